The van der Waals surface area contributed by atoms with Crippen LogP contribution in [0.3, 0.4) is 0 Å². The van der Waals surface area contributed by atoms with Crippen LogP contribution in [0.5, 0.6) is 0 Å². The largest absolute Gasteiger partial charge is 0.308 e. The molecule has 4 nitrogen and oxygen atoms in total. The second-order valence-electron chi connectivity index (χ2n) is 9.07. The van der Waals surface area contributed by atoms with Crippen molar-refractivity contribution in [2.75, 3.05) is 0 Å². The van der Waals surface area contributed by atoms with E-state index >= 15 is 0 Å². The summed E-state index contributed by atoms with van der Waals surface area (Å²) in [6, 6.07) is 43.4. The Morgan fingerprint density at radius 3 is 1.42 bits per heavy atom. The van der Waals surface area contributed by atoms with Crippen molar-refractivity contribution in [3.63, 3.8) is 0 Å². The highest BCUT2D eigenvalue weighted by Gasteiger charge is 2.17. The van der Waals surface area contributed by atoms with Gasteiger partial charge in [0.05, 0.1) is 16.7 Å². The van der Waals surface area contributed by atoms with Crippen molar-refractivity contribution in [2.24, 2.45) is 0 Å². The second kappa shape index (κ2) is 9.36. The molecule has 0 saturated carbocycles. The molecule has 38 heavy (non-hydrogen) atoms. The van der Waals surface area contributed by atoms with Gasteiger partial charge in [0, 0.05) is 31.9 Å². The molecule has 5 heteroatoms. The molecule has 0 bridgehead atoms. The topological polar surface area (TPSA) is 43.6 Å². The summed E-state index contributed by atoms with van der Waals surface area (Å²) in [5, 5.41) is 2.44. The van der Waals surface area contributed by atoms with E-state index in [9.17, 15) is 0 Å². The standard InChI is InChI=1S/C33H21BrN4/c34-27-20-19-24(21-30(27)38-28-17-9-7-15-25(28)26-16-8-10-18-29(26)38)33-36-31(22-11-3-1-4-12-22)35-32(37-33)23-13-5-2-6-14-23/h1-21H. The van der Waals surface area contributed by atoms with Crippen LogP contribution in [-0.2, 0) is 0 Å². The number of hydrogen-bond donors (Lipinski definition) is 0. The minimum absolute atomic E-state index is 0.632. The van der Waals surface area contributed by atoms with Gasteiger partial charge in [-0.2, -0.15) is 0 Å². The molecule has 2 aromatic heterocycles. The number of aromatic nitrogens is 4. The molecular weight excluding hydrogens is 532 g/mol. The molecule has 0 aliphatic heterocycles. The van der Waals surface area contributed by atoms with Crippen LogP contribution in [0.25, 0.3) is 61.7 Å². The van der Waals surface area contributed by atoms with Crippen LogP contribution in [-0.4, -0.2) is 19.5 Å². The predicted octanol–water partition coefficient (Wildman–Crippen LogP) is 8.73. The van der Waals surface area contributed by atoms with Crippen molar-refractivity contribution in [3.8, 4) is 39.9 Å². The Hall–Kier alpha value is -4.61. The van der Waals surface area contributed by atoms with Crippen LogP contribution in [0.1, 0.15) is 0 Å². The van der Waals surface area contributed by atoms with Crippen LogP contribution >= 0.6 is 15.9 Å². The number of benzene rings is 5. The highest BCUT2D eigenvalue weighted by atomic mass is 79.9. The van der Waals surface area contributed by atoms with Gasteiger partial charge in [0.15, 0.2) is 17.5 Å². The first-order valence-electron chi connectivity index (χ1n) is 12.4. The molecule has 0 fully saturated rings. The van der Waals surface area contributed by atoms with E-state index in [1.54, 1.807) is 0 Å². The van der Waals surface area contributed by atoms with Gasteiger partial charge in [-0.15, -0.1) is 0 Å². The first-order valence-corrected chi connectivity index (χ1v) is 13.2. The molecule has 2 heterocycles. The van der Waals surface area contributed by atoms with Crippen molar-refractivity contribution in [3.05, 3.63) is 132 Å². The highest BCUT2D eigenvalue weighted by molar-refractivity contribution is 9.10. The van der Waals surface area contributed by atoms with Gasteiger partial charge in [0.25, 0.3) is 0 Å². The maximum Gasteiger partial charge on any atom is 0.164 e. The molecule has 0 spiro atoms. The van der Waals surface area contributed by atoms with Gasteiger partial charge in [-0.25, -0.2) is 15.0 Å². The van der Waals surface area contributed by atoms with E-state index in [1.165, 1.54) is 10.8 Å². The van der Waals surface area contributed by atoms with E-state index < -0.39 is 0 Å². The number of para-hydroxylation sites is 2. The zero-order valence-corrected chi connectivity index (χ0v) is 21.9. The third-order valence-electron chi connectivity index (χ3n) is 6.72. The van der Waals surface area contributed by atoms with Gasteiger partial charge in [-0.3, -0.25) is 0 Å². The molecule has 0 amide bonds. The lowest BCUT2D eigenvalue weighted by Gasteiger charge is -2.13. The maximum atomic E-state index is 4.93. The van der Waals surface area contributed by atoms with E-state index in [1.807, 2.05) is 60.7 Å². The van der Waals surface area contributed by atoms with Crippen molar-refractivity contribution < 1.29 is 0 Å². The molecule has 7 aromatic rings. The van der Waals surface area contributed by atoms with Crippen molar-refractivity contribution in [1.29, 1.82) is 0 Å². The first-order chi connectivity index (χ1) is 18.8. The van der Waals surface area contributed by atoms with Gasteiger partial charge in [-0.05, 0) is 46.3 Å². The Bertz CT molecular complexity index is 1820. The van der Waals surface area contributed by atoms with Crippen LogP contribution in [0.2, 0.25) is 0 Å². The summed E-state index contributed by atoms with van der Waals surface area (Å²) in [5.74, 6) is 1.93. The highest BCUT2D eigenvalue weighted by Crippen LogP contribution is 2.36. The van der Waals surface area contributed by atoms with Gasteiger partial charge in [0.1, 0.15) is 0 Å². The Kier molecular flexibility index (Phi) is 5.56. The van der Waals surface area contributed by atoms with Crippen molar-refractivity contribution in [1.82, 2.24) is 19.5 Å². The molecule has 0 unspecified atom stereocenters. The fourth-order valence-electron chi connectivity index (χ4n) is 4.94. The summed E-state index contributed by atoms with van der Waals surface area (Å²) in [5.41, 5.74) is 6.15. The molecule has 0 aliphatic carbocycles. The molecule has 0 saturated heterocycles. The molecule has 0 aliphatic rings. The van der Waals surface area contributed by atoms with Crippen molar-refractivity contribution in [2.45, 2.75) is 0 Å². The zero-order chi connectivity index (χ0) is 25.5. The second-order valence-corrected chi connectivity index (χ2v) is 9.93. The molecular formula is C33H21BrN4. The summed E-state index contributed by atoms with van der Waals surface area (Å²) >= 11 is 3.82. The zero-order valence-electron chi connectivity index (χ0n) is 20.3. The fraction of sp³-hybridized carbons (Fsp3) is 0. The van der Waals surface area contributed by atoms with Crippen LogP contribution in [0.4, 0.5) is 0 Å². The van der Waals surface area contributed by atoms with Gasteiger partial charge < -0.3 is 4.57 Å². The third kappa shape index (κ3) is 3.88. The number of hydrogen-bond acceptors (Lipinski definition) is 3. The lowest BCUT2D eigenvalue weighted by Crippen LogP contribution is -2.01. The Labute approximate surface area is 228 Å². The predicted molar refractivity (Wildman–Crippen MR) is 158 cm³/mol. The molecule has 0 radical (unpaired) electrons. The Morgan fingerprint density at radius 2 is 0.895 bits per heavy atom. The van der Waals surface area contributed by atoms with E-state index in [4.69, 9.17) is 15.0 Å². The van der Waals surface area contributed by atoms with E-state index in [2.05, 4.69) is 87.2 Å². The fourth-order valence-corrected chi connectivity index (χ4v) is 5.37. The average molecular weight is 553 g/mol. The number of fused-ring (bicyclic) bond motifs is 3. The number of rotatable bonds is 4. The maximum absolute atomic E-state index is 4.93. The van der Waals surface area contributed by atoms with E-state index in [-0.39, 0.29) is 0 Å². The number of nitrogens with zero attached hydrogens (tertiary/aromatic N) is 4. The summed E-state index contributed by atoms with van der Waals surface area (Å²) in [7, 11) is 0. The van der Waals surface area contributed by atoms with Crippen LogP contribution in [0.15, 0.2) is 132 Å². The van der Waals surface area contributed by atoms with Gasteiger partial charge in [-0.1, -0.05) is 97.1 Å². The van der Waals surface area contributed by atoms with Gasteiger partial charge >= 0.3 is 0 Å². The number of halogens is 1. The van der Waals surface area contributed by atoms with Crippen LogP contribution < -0.4 is 0 Å². The monoisotopic (exact) mass is 552 g/mol. The third-order valence-corrected chi connectivity index (χ3v) is 7.40. The summed E-state index contributed by atoms with van der Waals surface area (Å²) < 4.78 is 3.30. The SMILES string of the molecule is Brc1ccc(-c2nc(-c3ccccc3)nc(-c3ccccc3)n2)cc1-n1c2ccccc2c2ccccc21. The lowest BCUT2D eigenvalue weighted by molar-refractivity contribution is 1.07. The molecule has 180 valence electrons. The van der Waals surface area contributed by atoms with Crippen molar-refractivity contribution >= 4 is 37.7 Å². The molecule has 0 N–H and O–H groups in total. The summed E-state index contributed by atoms with van der Waals surface area (Å²) in [4.78, 5) is 14.7. The van der Waals surface area contributed by atoms with E-state index in [0.717, 1.165) is 37.9 Å². The first kappa shape index (κ1) is 22.6. The van der Waals surface area contributed by atoms with E-state index in [0.29, 0.717) is 17.5 Å². The molecule has 0 atom stereocenters. The summed E-state index contributed by atoms with van der Waals surface area (Å²) in [6.45, 7) is 0. The van der Waals surface area contributed by atoms with Gasteiger partial charge in [0.2, 0.25) is 0 Å². The smallest absolute Gasteiger partial charge is 0.164 e. The summed E-state index contributed by atoms with van der Waals surface area (Å²) in [6.07, 6.45) is 0. The lowest BCUT2D eigenvalue weighted by atomic mass is 10.1. The average Bonchev–Trinajstić information content (AvgIpc) is 3.32. The van der Waals surface area contributed by atoms with Crippen LogP contribution in [0, 0.1) is 0 Å². The normalized spacial score (nSPS) is 11.3. The molecule has 5 aromatic carbocycles. The Balaban J connectivity index is 1.46. The molecule has 7 rings (SSSR count). The minimum atomic E-state index is 0.632. The Morgan fingerprint density at radius 1 is 0.447 bits per heavy atom. The quantitative estimate of drug-likeness (QED) is 0.219. The minimum Gasteiger partial charge on any atom is -0.308 e.